The van der Waals surface area contributed by atoms with Crippen molar-refractivity contribution >= 4 is 11.4 Å². The second kappa shape index (κ2) is 6.50. The van der Waals surface area contributed by atoms with Crippen molar-refractivity contribution < 1.29 is 4.74 Å². The summed E-state index contributed by atoms with van der Waals surface area (Å²) in [7, 11) is 0. The Bertz CT molecular complexity index is 375. The molecule has 1 heterocycles. The van der Waals surface area contributed by atoms with Crippen LogP contribution in [0.5, 0.6) is 5.75 Å². The molecule has 1 fully saturated rings. The summed E-state index contributed by atoms with van der Waals surface area (Å²) in [6.07, 6.45) is 4.85. The van der Waals surface area contributed by atoms with Crippen LogP contribution in [-0.4, -0.2) is 24.7 Å². The number of anilines is 2. The molecule has 1 saturated heterocycles. The molecule has 0 aromatic heterocycles. The van der Waals surface area contributed by atoms with Crippen molar-refractivity contribution in [3.05, 3.63) is 18.2 Å². The minimum Gasteiger partial charge on any atom is -0.493 e. The summed E-state index contributed by atoms with van der Waals surface area (Å²) in [6.45, 7) is 5.02. The fourth-order valence-electron chi connectivity index (χ4n) is 2.18. The van der Waals surface area contributed by atoms with E-state index in [1.54, 1.807) is 0 Å². The van der Waals surface area contributed by atoms with Crippen LogP contribution in [0.2, 0.25) is 0 Å². The molecule has 0 atom stereocenters. The molecule has 1 aromatic carbocycles. The third kappa shape index (κ3) is 3.81. The predicted molar refractivity (Wildman–Crippen MR) is 75.7 cm³/mol. The maximum Gasteiger partial charge on any atom is 0.123 e. The van der Waals surface area contributed by atoms with Crippen LogP contribution in [0.15, 0.2) is 18.2 Å². The predicted octanol–water partition coefficient (Wildman–Crippen LogP) is 2.87. The molecule has 100 valence electrons. The average Bonchev–Trinajstić information content (AvgIpc) is 2.37. The van der Waals surface area contributed by atoms with Gasteiger partial charge in [-0.25, -0.2) is 5.01 Å². The van der Waals surface area contributed by atoms with Gasteiger partial charge in [0.2, 0.25) is 0 Å². The lowest BCUT2D eigenvalue weighted by Crippen LogP contribution is -2.34. The van der Waals surface area contributed by atoms with Crippen molar-refractivity contribution in [3.8, 4) is 5.75 Å². The molecule has 0 bridgehead atoms. The smallest absolute Gasteiger partial charge is 0.123 e. The van der Waals surface area contributed by atoms with Gasteiger partial charge in [0.25, 0.3) is 0 Å². The molecule has 18 heavy (non-hydrogen) atoms. The maximum atomic E-state index is 5.90. The largest absolute Gasteiger partial charge is 0.493 e. The minimum atomic E-state index is 0.729. The van der Waals surface area contributed by atoms with E-state index in [0.717, 1.165) is 43.2 Å². The molecule has 0 spiro atoms. The van der Waals surface area contributed by atoms with Gasteiger partial charge in [0.15, 0.2) is 0 Å². The number of hydrogen-bond acceptors (Lipinski definition) is 4. The summed E-state index contributed by atoms with van der Waals surface area (Å²) in [5.41, 5.74) is 11.1. The molecule has 0 radical (unpaired) electrons. The summed E-state index contributed by atoms with van der Waals surface area (Å²) >= 11 is 0. The Hall–Kier alpha value is -1.42. The molecule has 1 aliphatic heterocycles. The first-order valence-corrected chi connectivity index (χ1v) is 6.83. The third-order valence-corrected chi connectivity index (χ3v) is 3.04. The second-order valence-electron chi connectivity index (χ2n) is 4.80. The molecular formula is C14H23N3O. The molecule has 2 rings (SSSR count). The first-order valence-electron chi connectivity index (χ1n) is 6.83. The number of rotatable bonds is 5. The van der Waals surface area contributed by atoms with Crippen molar-refractivity contribution in [2.45, 2.75) is 32.6 Å². The lowest BCUT2D eigenvalue weighted by Gasteiger charge is -2.28. The summed E-state index contributed by atoms with van der Waals surface area (Å²) in [6, 6.07) is 5.84. The van der Waals surface area contributed by atoms with E-state index in [1.807, 2.05) is 18.2 Å². The summed E-state index contributed by atoms with van der Waals surface area (Å²) in [4.78, 5) is 0. The van der Waals surface area contributed by atoms with Crippen LogP contribution in [0, 0.1) is 0 Å². The van der Waals surface area contributed by atoms with Crippen LogP contribution in [0.25, 0.3) is 0 Å². The van der Waals surface area contributed by atoms with E-state index in [-0.39, 0.29) is 0 Å². The first kappa shape index (κ1) is 13.0. The van der Waals surface area contributed by atoms with Crippen LogP contribution in [0.1, 0.15) is 32.6 Å². The van der Waals surface area contributed by atoms with Crippen LogP contribution >= 0.6 is 0 Å². The van der Waals surface area contributed by atoms with Gasteiger partial charge < -0.3 is 15.9 Å². The van der Waals surface area contributed by atoms with E-state index in [4.69, 9.17) is 10.5 Å². The van der Waals surface area contributed by atoms with E-state index < -0.39 is 0 Å². The zero-order valence-electron chi connectivity index (χ0n) is 11.1. The standard InChI is InChI=1S/C14H23N3O/c1-2-8-18-14-10-12(15)9-13(11-14)16-17-6-4-3-5-7-17/h9-11,16H,2-8,15H2,1H3. The van der Waals surface area contributed by atoms with Gasteiger partial charge in [-0.15, -0.1) is 0 Å². The maximum absolute atomic E-state index is 5.90. The van der Waals surface area contributed by atoms with E-state index in [9.17, 15) is 0 Å². The molecule has 4 heteroatoms. The molecule has 0 aliphatic carbocycles. The number of nitrogens with one attached hydrogen (secondary N) is 1. The highest BCUT2D eigenvalue weighted by atomic mass is 16.5. The highest BCUT2D eigenvalue weighted by Crippen LogP contribution is 2.23. The van der Waals surface area contributed by atoms with Crippen molar-refractivity contribution in [2.24, 2.45) is 0 Å². The zero-order chi connectivity index (χ0) is 12.8. The van der Waals surface area contributed by atoms with Crippen LogP contribution in [0.3, 0.4) is 0 Å². The summed E-state index contributed by atoms with van der Waals surface area (Å²) < 4.78 is 5.63. The van der Waals surface area contributed by atoms with Crippen LogP contribution < -0.4 is 15.9 Å². The number of nitrogens with zero attached hydrogens (tertiary/aromatic N) is 1. The Morgan fingerprint density at radius 1 is 1.22 bits per heavy atom. The highest BCUT2D eigenvalue weighted by Gasteiger charge is 2.10. The average molecular weight is 249 g/mol. The second-order valence-corrected chi connectivity index (χ2v) is 4.80. The van der Waals surface area contributed by atoms with Crippen LogP contribution in [0.4, 0.5) is 11.4 Å². The molecule has 3 N–H and O–H groups in total. The molecular weight excluding hydrogens is 226 g/mol. The number of nitrogens with two attached hydrogens (primary N) is 1. The van der Waals surface area contributed by atoms with Gasteiger partial charge in [-0.1, -0.05) is 13.3 Å². The minimum absolute atomic E-state index is 0.729. The molecule has 0 amide bonds. The molecule has 0 saturated carbocycles. The highest BCUT2D eigenvalue weighted by molar-refractivity contribution is 5.58. The number of benzene rings is 1. The van der Waals surface area contributed by atoms with Gasteiger partial charge in [-0.3, -0.25) is 0 Å². The van der Waals surface area contributed by atoms with Gasteiger partial charge in [0.05, 0.1) is 12.3 Å². The van der Waals surface area contributed by atoms with Crippen molar-refractivity contribution in [1.29, 1.82) is 0 Å². The van der Waals surface area contributed by atoms with E-state index in [1.165, 1.54) is 19.3 Å². The SMILES string of the molecule is CCCOc1cc(N)cc(NN2CCCCC2)c1. The third-order valence-electron chi connectivity index (χ3n) is 3.04. The Balaban J connectivity index is 1.99. The number of piperidine rings is 1. The van der Waals surface area contributed by atoms with E-state index in [0.29, 0.717) is 0 Å². The number of hydrogen-bond donors (Lipinski definition) is 2. The summed E-state index contributed by atoms with van der Waals surface area (Å²) in [5, 5.41) is 2.25. The van der Waals surface area contributed by atoms with Gasteiger partial charge in [-0.05, 0) is 25.3 Å². The monoisotopic (exact) mass is 249 g/mol. The van der Waals surface area contributed by atoms with Gasteiger partial charge in [0, 0.05) is 30.9 Å². The van der Waals surface area contributed by atoms with Gasteiger partial charge in [0.1, 0.15) is 5.75 Å². The zero-order valence-corrected chi connectivity index (χ0v) is 11.1. The fourth-order valence-corrected chi connectivity index (χ4v) is 2.18. The topological polar surface area (TPSA) is 50.5 Å². The van der Waals surface area contributed by atoms with Gasteiger partial charge in [-0.2, -0.15) is 0 Å². The number of ether oxygens (including phenoxy) is 1. The fraction of sp³-hybridized carbons (Fsp3) is 0.571. The van der Waals surface area contributed by atoms with E-state index >= 15 is 0 Å². The normalized spacial score (nSPS) is 16.5. The Kier molecular flexibility index (Phi) is 4.70. The lowest BCUT2D eigenvalue weighted by molar-refractivity contribution is 0.273. The van der Waals surface area contributed by atoms with Crippen molar-refractivity contribution in [3.63, 3.8) is 0 Å². The van der Waals surface area contributed by atoms with Gasteiger partial charge >= 0.3 is 0 Å². The Morgan fingerprint density at radius 2 is 2.00 bits per heavy atom. The molecule has 4 nitrogen and oxygen atoms in total. The quantitative estimate of drug-likeness (QED) is 0.788. The molecule has 1 aromatic rings. The molecule has 0 unspecified atom stereocenters. The molecule has 1 aliphatic rings. The Morgan fingerprint density at radius 3 is 2.72 bits per heavy atom. The Labute approximate surface area is 109 Å². The number of nitrogen functional groups attached to an aromatic ring is 1. The number of hydrazine groups is 1. The summed E-state index contributed by atoms with van der Waals surface area (Å²) in [5.74, 6) is 0.844. The van der Waals surface area contributed by atoms with Crippen molar-refractivity contribution in [2.75, 3.05) is 30.9 Å². The lowest BCUT2D eigenvalue weighted by atomic mass is 10.2. The van der Waals surface area contributed by atoms with Crippen LogP contribution in [-0.2, 0) is 0 Å². The first-order chi connectivity index (χ1) is 8.78. The van der Waals surface area contributed by atoms with E-state index in [2.05, 4.69) is 17.4 Å². The van der Waals surface area contributed by atoms with Crippen molar-refractivity contribution in [1.82, 2.24) is 5.01 Å².